The summed E-state index contributed by atoms with van der Waals surface area (Å²) in [4.78, 5) is 15.0. The van der Waals surface area contributed by atoms with E-state index in [2.05, 4.69) is 4.98 Å². The maximum absolute atomic E-state index is 11.3. The molecule has 2 heterocycles. The highest BCUT2D eigenvalue weighted by Gasteiger charge is 2.29. The number of carbonyl (C=O) groups is 1. The monoisotopic (exact) mass is 249 g/mol. The fourth-order valence-electron chi connectivity index (χ4n) is 1.76. The lowest BCUT2D eigenvalue weighted by atomic mass is 10.1. The van der Waals surface area contributed by atoms with E-state index in [1.165, 1.54) is 0 Å². The summed E-state index contributed by atoms with van der Waals surface area (Å²) in [7, 11) is 0. The third kappa shape index (κ3) is 4.94. The minimum Gasteiger partial charge on any atom is -0.350 e. The van der Waals surface area contributed by atoms with Crippen molar-refractivity contribution in [3.63, 3.8) is 0 Å². The SMILES string of the molecule is O=C(CCC1OCCO1)C1CC1.c1ccncc1. The lowest BCUT2D eigenvalue weighted by Crippen LogP contribution is -2.11. The van der Waals surface area contributed by atoms with Crippen molar-refractivity contribution in [2.75, 3.05) is 13.2 Å². The quantitative estimate of drug-likeness (QED) is 0.820. The van der Waals surface area contributed by atoms with Gasteiger partial charge in [0, 0.05) is 31.2 Å². The molecular formula is C14H19NO3. The Labute approximate surface area is 107 Å². The lowest BCUT2D eigenvalue weighted by Gasteiger charge is -2.06. The minimum atomic E-state index is -0.104. The molecule has 0 spiro atoms. The molecule has 2 fully saturated rings. The molecule has 2 aliphatic rings. The van der Waals surface area contributed by atoms with Crippen LogP contribution < -0.4 is 0 Å². The number of ketones is 1. The number of carbonyl (C=O) groups excluding carboxylic acids is 1. The molecule has 0 radical (unpaired) electrons. The maximum atomic E-state index is 11.3. The van der Waals surface area contributed by atoms with Gasteiger partial charge in [0.1, 0.15) is 5.78 Å². The molecule has 98 valence electrons. The first-order valence-electron chi connectivity index (χ1n) is 6.47. The Morgan fingerprint density at radius 1 is 1.11 bits per heavy atom. The van der Waals surface area contributed by atoms with Gasteiger partial charge in [0.15, 0.2) is 6.29 Å². The number of aromatic nitrogens is 1. The van der Waals surface area contributed by atoms with E-state index in [1.54, 1.807) is 12.4 Å². The Balaban J connectivity index is 0.000000169. The van der Waals surface area contributed by atoms with Crippen LogP contribution in [0.25, 0.3) is 0 Å². The van der Waals surface area contributed by atoms with Gasteiger partial charge in [-0.05, 0) is 25.0 Å². The molecule has 18 heavy (non-hydrogen) atoms. The molecule has 3 rings (SSSR count). The lowest BCUT2D eigenvalue weighted by molar-refractivity contribution is -0.122. The van der Waals surface area contributed by atoms with E-state index >= 15 is 0 Å². The van der Waals surface area contributed by atoms with E-state index in [9.17, 15) is 4.79 Å². The molecule has 1 aromatic heterocycles. The summed E-state index contributed by atoms with van der Waals surface area (Å²) in [6, 6.07) is 5.72. The van der Waals surface area contributed by atoms with Crippen molar-refractivity contribution in [1.29, 1.82) is 0 Å². The Bertz CT molecular complexity index is 319. The van der Waals surface area contributed by atoms with Crippen LogP contribution in [0.2, 0.25) is 0 Å². The molecule has 0 N–H and O–H groups in total. The molecule has 1 saturated heterocycles. The summed E-state index contributed by atoms with van der Waals surface area (Å²) >= 11 is 0. The Kier molecular flexibility index (Phi) is 5.30. The summed E-state index contributed by atoms with van der Waals surface area (Å²) in [5.74, 6) is 0.778. The first-order valence-corrected chi connectivity index (χ1v) is 6.47. The highest BCUT2D eigenvalue weighted by molar-refractivity contribution is 5.83. The van der Waals surface area contributed by atoms with Crippen molar-refractivity contribution < 1.29 is 14.3 Å². The number of hydrogen-bond acceptors (Lipinski definition) is 4. The van der Waals surface area contributed by atoms with E-state index in [0.29, 0.717) is 31.3 Å². The number of ether oxygens (including phenoxy) is 2. The van der Waals surface area contributed by atoms with Crippen LogP contribution in [-0.2, 0) is 14.3 Å². The van der Waals surface area contributed by atoms with Crippen molar-refractivity contribution in [3.05, 3.63) is 30.6 Å². The highest BCUT2D eigenvalue weighted by Crippen LogP contribution is 2.31. The van der Waals surface area contributed by atoms with Crippen molar-refractivity contribution in [3.8, 4) is 0 Å². The largest absolute Gasteiger partial charge is 0.350 e. The van der Waals surface area contributed by atoms with Gasteiger partial charge in [0.25, 0.3) is 0 Å². The summed E-state index contributed by atoms with van der Waals surface area (Å²) in [6.07, 6.45) is 6.98. The third-order valence-electron chi connectivity index (χ3n) is 2.92. The third-order valence-corrected chi connectivity index (χ3v) is 2.92. The van der Waals surface area contributed by atoms with Gasteiger partial charge in [0.2, 0.25) is 0 Å². The second-order valence-electron chi connectivity index (χ2n) is 4.47. The second kappa shape index (κ2) is 7.24. The van der Waals surface area contributed by atoms with Crippen LogP contribution in [0.5, 0.6) is 0 Å². The number of rotatable bonds is 4. The average molecular weight is 249 g/mol. The van der Waals surface area contributed by atoms with Crippen molar-refractivity contribution in [2.24, 2.45) is 5.92 Å². The van der Waals surface area contributed by atoms with Crippen LogP contribution in [0.3, 0.4) is 0 Å². The van der Waals surface area contributed by atoms with E-state index in [4.69, 9.17) is 9.47 Å². The molecule has 1 aliphatic heterocycles. The van der Waals surface area contributed by atoms with Gasteiger partial charge in [-0.3, -0.25) is 9.78 Å². The van der Waals surface area contributed by atoms with E-state index in [-0.39, 0.29) is 6.29 Å². The summed E-state index contributed by atoms with van der Waals surface area (Å²) in [5, 5.41) is 0. The molecule has 0 aromatic carbocycles. The predicted molar refractivity (Wildman–Crippen MR) is 66.9 cm³/mol. The summed E-state index contributed by atoms with van der Waals surface area (Å²) in [5.41, 5.74) is 0. The summed E-state index contributed by atoms with van der Waals surface area (Å²) < 4.78 is 10.5. The fourth-order valence-corrected chi connectivity index (χ4v) is 1.76. The Morgan fingerprint density at radius 2 is 1.78 bits per heavy atom. The van der Waals surface area contributed by atoms with Gasteiger partial charge in [0.05, 0.1) is 13.2 Å². The van der Waals surface area contributed by atoms with Gasteiger partial charge < -0.3 is 9.47 Å². The molecule has 4 heteroatoms. The molecular weight excluding hydrogens is 230 g/mol. The minimum absolute atomic E-state index is 0.104. The molecule has 1 aliphatic carbocycles. The molecule has 1 aromatic rings. The standard InChI is InChI=1S/C9H14O3.C5H5N/c10-8(7-1-2-7)3-4-9-11-5-6-12-9;1-2-4-6-5-3-1/h7,9H,1-6H2;1-5H. The highest BCUT2D eigenvalue weighted by atomic mass is 16.7. The van der Waals surface area contributed by atoms with Crippen LogP contribution >= 0.6 is 0 Å². The van der Waals surface area contributed by atoms with Crippen LogP contribution in [0.4, 0.5) is 0 Å². The average Bonchev–Trinajstić information content (AvgIpc) is 3.16. The van der Waals surface area contributed by atoms with Crippen molar-refractivity contribution in [2.45, 2.75) is 32.0 Å². The maximum Gasteiger partial charge on any atom is 0.158 e. The zero-order valence-electron chi connectivity index (χ0n) is 10.5. The van der Waals surface area contributed by atoms with Gasteiger partial charge in [-0.25, -0.2) is 0 Å². The summed E-state index contributed by atoms with van der Waals surface area (Å²) in [6.45, 7) is 1.37. The normalized spacial score (nSPS) is 19.1. The molecule has 4 nitrogen and oxygen atoms in total. The van der Waals surface area contributed by atoms with Gasteiger partial charge in [-0.15, -0.1) is 0 Å². The predicted octanol–water partition coefficient (Wildman–Crippen LogP) is 2.20. The Morgan fingerprint density at radius 3 is 2.22 bits per heavy atom. The first kappa shape index (κ1) is 13.2. The van der Waals surface area contributed by atoms with E-state index in [0.717, 1.165) is 19.3 Å². The van der Waals surface area contributed by atoms with Crippen LogP contribution in [0.15, 0.2) is 30.6 Å². The molecule has 0 amide bonds. The van der Waals surface area contributed by atoms with E-state index in [1.807, 2.05) is 18.2 Å². The topological polar surface area (TPSA) is 48.4 Å². The molecule has 0 bridgehead atoms. The zero-order chi connectivity index (χ0) is 12.6. The van der Waals surface area contributed by atoms with Crippen molar-refractivity contribution in [1.82, 2.24) is 4.98 Å². The van der Waals surface area contributed by atoms with Gasteiger partial charge in [-0.1, -0.05) is 6.07 Å². The van der Waals surface area contributed by atoms with Gasteiger partial charge in [-0.2, -0.15) is 0 Å². The smallest absolute Gasteiger partial charge is 0.158 e. The Hall–Kier alpha value is -1.26. The van der Waals surface area contributed by atoms with Crippen LogP contribution in [0.1, 0.15) is 25.7 Å². The first-order chi connectivity index (χ1) is 8.86. The number of hydrogen-bond donors (Lipinski definition) is 0. The zero-order valence-corrected chi connectivity index (χ0v) is 10.5. The van der Waals surface area contributed by atoms with Crippen molar-refractivity contribution >= 4 is 5.78 Å². The fraction of sp³-hybridized carbons (Fsp3) is 0.571. The number of Topliss-reactive ketones (excluding diaryl/α,β-unsaturated/α-hetero) is 1. The number of nitrogens with zero attached hydrogens (tertiary/aromatic N) is 1. The van der Waals surface area contributed by atoms with Gasteiger partial charge >= 0.3 is 0 Å². The molecule has 0 atom stereocenters. The van der Waals surface area contributed by atoms with Crippen LogP contribution in [-0.4, -0.2) is 30.3 Å². The molecule has 0 unspecified atom stereocenters. The second-order valence-corrected chi connectivity index (χ2v) is 4.47. The van der Waals surface area contributed by atoms with E-state index < -0.39 is 0 Å². The molecule has 1 saturated carbocycles. The number of pyridine rings is 1. The van der Waals surface area contributed by atoms with Crippen LogP contribution in [0, 0.1) is 5.92 Å².